The van der Waals surface area contributed by atoms with Crippen molar-refractivity contribution in [2.75, 3.05) is 26.7 Å². The fourth-order valence-corrected chi connectivity index (χ4v) is 2.43. The summed E-state index contributed by atoms with van der Waals surface area (Å²) in [5, 5.41) is 9.87. The van der Waals surface area contributed by atoms with E-state index in [2.05, 4.69) is 4.74 Å². The Hall–Kier alpha value is -1.63. The molecule has 2 atom stereocenters. The van der Waals surface area contributed by atoms with E-state index in [4.69, 9.17) is 0 Å². The molecule has 100 valence electrons. The van der Waals surface area contributed by atoms with Crippen molar-refractivity contribution in [1.29, 1.82) is 0 Å². The van der Waals surface area contributed by atoms with E-state index in [1.54, 1.807) is 0 Å². The fraction of sp³-hybridized carbons (Fsp3) is 0.727. The summed E-state index contributed by atoms with van der Waals surface area (Å²) in [6.07, 6.45) is 0.0718. The first-order valence-electron chi connectivity index (χ1n) is 5.76. The molecule has 1 N–H and O–H groups in total. The molecule has 0 radical (unpaired) electrons. The Morgan fingerprint density at radius 1 is 1.50 bits per heavy atom. The lowest BCUT2D eigenvalue weighted by atomic mass is 10.0. The topological polar surface area (TPSA) is 87.2 Å². The third kappa shape index (κ3) is 1.94. The zero-order valence-corrected chi connectivity index (χ0v) is 10.4. The van der Waals surface area contributed by atoms with Crippen molar-refractivity contribution >= 4 is 17.8 Å². The monoisotopic (exact) mass is 256 g/mol. The van der Waals surface area contributed by atoms with E-state index in [-0.39, 0.29) is 25.4 Å². The van der Waals surface area contributed by atoms with Crippen LogP contribution in [0.1, 0.15) is 13.3 Å². The van der Waals surface area contributed by atoms with Crippen molar-refractivity contribution in [3.63, 3.8) is 0 Å². The molecular formula is C11H16N2O5. The van der Waals surface area contributed by atoms with Gasteiger partial charge in [-0.2, -0.15) is 0 Å². The summed E-state index contributed by atoms with van der Waals surface area (Å²) in [7, 11) is 1.26. The molecule has 0 aromatic heterocycles. The predicted octanol–water partition coefficient (Wildman–Crippen LogP) is -1.65. The second kappa shape index (κ2) is 4.24. The Morgan fingerprint density at radius 3 is 2.78 bits per heavy atom. The Labute approximate surface area is 104 Å². The molecule has 18 heavy (non-hydrogen) atoms. The number of rotatable bonds is 2. The first-order valence-corrected chi connectivity index (χ1v) is 5.76. The molecule has 2 unspecified atom stereocenters. The van der Waals surface area contributed by atoms with Gasteiger partial charge in [-0.05, 0) is 6.92 Å². The second-order valence-electron chi connectivity index (χ2n) is 4.83. The number of methoxy groups -OCH3 is 1. The summed E-state index contributed by atoms with van der Waals surface area (Å²) >= 11 is 0. The van der Waals surface area contributed by atoms with Gasteiger partial charge in [-0.25, -0.2) is 0 Å². The maximum Gasteiger partial charge on any atom is 0.325 e. The summed E-state index contributed by atoms with van der Waals surface area (Å²) in [6.45, 7) is 1.91. The van der Waals surface area contributed by atoms with Gasteiger partial charge in [0.05, 0.1) is 7.11 Å². The molecule has 2 aliphatic heterocycles. The number of piperazine rings is 1. The number of amides is 2. The van der Waals surface area contributed by atoms with Crippen molar-refractivity contribution in [1.82, 2.24) is 9.80 Å². The van der Waals surface area contributed by atoms with Crippen LogP contribution in [0.4, 0.5) is 0 Å². The molecule has 0 aromatic rings. The predicted molar refractivity (Wildman–Crippen MR) is 59.3 cm³/mol. The molecule has 0 aromatic carbocycles. The van der Waals surface area contributed by atoms with E-state index in [0.29, 0.717) is 6.54 Å². The van der Waals surface area contributed by atoms with Gasteiger partial charge in [-0.15, -0.1) is 0 Å². The zero-order chi connectivity index (χ0) is 13.5. The van der Waals surface area contributed by atoms with Gasteiger partial charge in [0.15, 0.2) is 0 Å². The van der Waals surface area contributed by atoms with E-state index in [1.165, 1.54) is 23.8 Å². The number of nitrogens with zero attached hydrogens (tertiary/aromatic N) is 2. The van der Waals surface area contributed by atoms with Crippen LogP contribution in [0.25, 0.3) is 0 Å². The smallest absolute Gasteiger partial charge is 0.325 e. The van der Waals surface area contributed by atoms with Gasteiger partial charge >= 0.3 is 5.97 Å². The van der Waals surface area contributed by atoms with Crippen LogP contribution in [-0.4, -0.2) is 71.1 Å². The van der Waals surface area contributed by atoms with Gasteiger partial charge in [0, 0.05) is 19.5 Å². The molecule has 2 amide bonds. The van der Waals surface area contributed by atoms with E-state index in [9.17, 15) is 19.5 Å². The Balaban J connectivity index is 2.11. The number of esters is 1. The third-order valence-corrected chi connectivity index (χ3v) is 3.44. The maximum absolute atomic E-state index is 12.1. The van der Waals surface area contributed by atoms with Gasteiger partial charge in [0.1, 0.15) is 18.2 Å². The molecular weight excluding hydrogens is 240 g/mol. The maximum atomic E-state index is 12.1. The average Bonchev–Trinajstić information content (AvgIpc) is 2.55. The summed E-state index contributed by atoms with van der Waals surface area (Å²) in [6, 6.07) is -0.661. The summed E-state index contributed by atoms with van der Waals surface area (Å²) < 4.78 is 4.51. The molecule has 2 rings (SSSR count). The molecule has 2 fully saturated rings. The molecule has 7 heteroatoms. The lowest BCUT2D eigenvalue weighted by Crippen LogP contribution is -2.56. The number of fused-ring (bicyclic) bond motifs is 1. The van der Waals surface area contributed by atoms with Crippen molar-refractivity contribution < 1.29 is 24.2 Å². The zero-order valence-electron chi connectivity index (χ0n) is 10.4. The van der Waals surface area contributed by atoms with Crippen molar-refractivity contribution in [2.24, 2.45) is 0 Å². The summed E-state index contributed by atoms with van der Waals surface area (Å²) in [4.78, 5) is 37.8. The van der Waals surface area contributed by atoms with E-state index in [1.807, 2.05) is 0 Å². The van der Waals surface area contributed by atoms with Crippen LogP contribution in [0.5, 0.6) is 0 Å². The standard InChI is InChI=1S/C11H16N2O5/c1-11(17)5-7-9(15)12(6-8(14)18-2)3-4-13(7)10(11)16/h7,17H,3-6H2,1-2H3. The van der Waals surface area contributed by atoms with Crippen molar-refractivity contribution in [3.05, 3.63) is 0 Å². The van der Waals surface area contributed by atoms with Crippen LogP contribution in [0, 0.1) is 0 Å². The average molecular weight is 256 g/mol. The first-order chi connectivity index (χ1) is 8.36. The SMILES string of the molecule is COC(=O)CN1CCN2C(=O)C(C)(O)CC2C1=O. The first kappa shape index (κ1) is 12.8. The third-order valence-electron chi connectivity index (χ3n) is 3.44. The number of aliphatic hydroxyl groups is 1. The lowest BCUT2D eigenvalue weighted by molar-refractivity contribution is -0.154. The lowest BCUT2D eigenvalue weighted by Gasteiger charge is -2.35. The number of hydrogen-bond donors (Lipinski definition) is 1. The molecule has 0 saturated carbocycles. The molecule has 0 spiro atoms. The van der Waals surface area contributed by atoms with Gasteiger partial charge in [0.25, 0.3) is 5.91 Å². The van der Waals surface area contributed by atoms with Crippen LogP contribution in [-0.2, 0) is 19.1 Å². The molecule has 7 nitrogen and oxygen atoms in total. The largest absolute Gasteiger partial charge is 0.468 e. The highest BCUT2D eigenvalue weighted by atomic mass is 16.5. The highest BCUT2D eigenvalue weighted by molar-refractivity contribution is 5.97. The number of ether oxygens (including phenoxy) is 1. The Bertz CT molecular complexity index is 406. The van der Waals surface area contributed by atoms with Gasteiger partial charge in [-0.3, -0.25) is 14.4 Å². The van der Waals surface area contributed by atoms with Crippen molar-refractivity contribution in [2.45, 2.75) is 25.0 Å². The Morgan fingerprint density at radius 2 is 2.17 bits per heavy atom. The molecule has 0 bridgehead atoms. The van der Waals surface area contributed by atoms with Gasteiger partial charge in [-0.1, -0.05) is 0 Å². The minimum absolute atomic E-state index is 0.0718. The Kier molecular flexibility index (Phi) is 3.02. The molecule has 2 heterocycles. The van der Waals surface area contributed by atoms with Crippen LogP contribution < -0.4 is 0 Å². The number of hydrogen-bond acceptors (Lipinski definition) is 5. The molecule has 2 aliphatic rings. The normalized spacial score (nSPS) is 31.6. The van der Waals surface area contributed by atoms with E-state index >= 15 is 0 Å². The quantitative estimate of drug-likeness (QED) is 0.598. The highest BCUT2D eigenvalue weighted by Crippen LogP contribution is 2.31. The minimum atomic E-state index is -1.48. The summed E-state index contributed by atoms with van der Waals surface area (Å²) in [5.74, 6) is -1.22. The van der Waals surface area contributed by atoms with E-state index in [0.717, 1.165) is 0 Å². The van der Waals surface area contributed by atoms with Gasteiger partial charge in [0.2, 0.25) is 5.91 Å². The van der Waals surface area contributed by atoms with Crippen molar-refractivity contribution in [3.8, 4) is 0 Å². The summed E-state index contributed by atoms with van der Waals surface area (Å²) in [5.41, 5.74) is -1.48. The molecule has 0 aliphatic carbocycles. The number of carbonyl (C=O) groups excluding carboxylic acids is 3. The minimum Gasteiger partial charge on any atom is -0.468 e. The van der Waals surface area contributed by atoms with E-state index < -0.39 is 23.5 Å². The highest BCUT2D eigenvalue weighted by Gasteiger charge is 2.52. The molecule has 2 saturated heterocycles. The second-order valence-corrected chi connectivity index (χ2v) is 4.83. The number of carbonyl (C=O) groups is 3. The van der Waals surface area contributed by atoms with Crippen LogP contribution in [0.15, 0.2) is 0 Å². The fourth-order valence-electron chi connectivity index (χ4n) is 2.43. The van der Waals surface area contributed by atoms with Crippen LogP contribution >= 0.6 is 0 Å². The van der Waals surface area contributed by atoms with Gasteiger partial charge < -0.3 is 19.6 Å². The van der Waals surface area contributed by atoms with Crippen LogP contribution in [0.3, 0.4) is 0 Å². The van der Waals surface area contributed by atoms with Crippen LogP contribution in [0.2, 0.25) is 0 Å².